The SMILES string of the molecule is COc1ccc(/C=C/C(=O)c2ccc(N3CCCCC3)cc2)c(OC)c1OC. The maximum atomic E-state index is 12.6. The second-order valence-electron chi connectivity index (χ2n) is 6.72. The molecule has 1 saturated heterocycles. The molecule has 1 heterocycles. The molecule has 0 amide bonds. The molecule has 5 heteroatoms. The lowest BCUT2D eigenvalue weighted by Gasteiger charge is -2.28. The standard InChI is InChI=1S/C23H27NO4/c1-26-21-14-10-18(22(27-2)23(21)28-3)9-13-20(25)17-7-11-19(12-8-17)24-15-5-4-6-16-24/h7-14H,4-6,15-16H2,1-3H3/b13-9+. The first-order valence-electron chi connectivity index (χ1n) is 9.54. The first-order valence-corrected chi connectivity index (χ1v) is 9.54. The van der Waals surface area contributed by atoms with Crippen LogP contribution in [0.5, 0.6) is 17.2 Å². The molecule has 1 aliphatic heterocycles. The molecule has 0 aliphatic carbocycles. The molecule has 0 saturated carbocycles. The van der Waals surface area contributed by atoms with Crippen LogP contribution in [0.2, 0.25) is 0 Å². The van der Waals surface area contributed by atoms with Gasteiger partial charge in [-0.3, -0.25) is 4.79 Å². The van der Waals surface area contributed by atoms with Gasteiger partial charge in [0.1, 0.15) is 0 Å². The first kappa shape index (κ1) is 19.8. The summed E-state index contributed by atoms with van der Waals surface area (Å²) in [7, 11) is 4.70. The van der Waals surface area contributed by atoms with Crippen molar-refractivity contribution in [2.45, 2.75) is 19.3 Å². The van der Waals surface area contributed by atoms with Gasteiger partial charge in [-0.25, -0.2) is 0 Å². The number of hydrogen-bond acceptors (Lipinski definition) is 5. The van der Waals surface area contributed by atoms with E-state index in [1.807, 2.05) is 30.3 Å². The van der Waals surface area contributed by atoms with Gasteiger partial charge in [0.15, 0.2) is 17.3 Å². The number of carbonyl (C=O) groups is 1. The molecule has 0 N–H and O–H groups in total. The molecule has 3 rings (SSSR count). The fourth-order valence-corrected chi connectivity index (χ4v) is 3.51. The quantitative estimate of drug-likeness (QED) is 0.518. The van der Waals surface area contributed by atoms with Gasteiger partial charge in [0.05, 0.1) is 21.3 Å². The van der Waals surface area contributed by atoms with E-state index in [0.29, 0.717) is 22.8 Å². The van der Waals surface area contributed by atoms with E-state index in [0.717, 1.165) is 18.7 Å². The highest BCUT2D eigenvalue weighted by atomic mass is 16.5. The molecule has 1 aliphatic rings. The molecule has 148 valence electrons. The molecule has 5 nitrogen and oxygen atoms in total. The van der Waals surface area contributed by atoms with Crippen molar-refractivity contribution in [2.24, 2.45) is 0 Å². The number of methoxy groups -OCH3 is 3. The van der Waals surface area contributed by atoms with Gasteiger partial charge in [0.2, 0.25) is 5.75 Å². The predicted molar refractivity (Wildman–Crippen MR) is 112 cm³/mol. The Balaban J connectivity index is 1.76. The van der Waals surface area contributed by atoms with Crippen LogP contribution >= 0.6 is 0 Å². The number of ketones is 1. The lowest BCUT2D eigenvalue weighted by molar-refractivity contribution is 0.104. The summed E-state index contributed by atoms with van der Waals surface area (Å²) in [6.07, 6.45) is 7.06. The second-order valence-corrected chi connectivity index (χ2v) is 6.72. The second kappa shape index (κ2) is 9.31. The number of ether oxygens (including phenoxy) is 3. The Hall–Kier alpha value is -2.95. The number of allylic oxidation sites excluding steroid dienone is 1. The van der Waals surface area contributed by atoms with E-state index in [4.69, 9.17) is 14.2 Å². The normalized spacial score (nSPS) is 14.2. The summed E-state index contributed by atoms with van der Waals surface area (Å²) in [4.78, 5) is 15.0. The van der Waals surface area contributed by atoms with Crippen LogP contribution in [0.15, 0.2) is 42.5 Å². The molecule has 1 fully saturated rings. The largest absolute Gasteiger partial charge is 0.493 e. The third-order valence-electron chi connectivity index (χ3n) is 5.02. The minimum absolute atomic E-state index is 0.0537. The van der Waals surface area contributed by atoms with Crippen molar-refractivity contribution in [1.82, 2.24) is 0 Å². The molecule has 0 unspecified atom stereocenters. The highest BCUT2D eigenvalue weighted by Crippen LogP contribution is 2.40. The van der Waals surface area contributed by atoms with Gasteiger partial charge in [0.25, 0.3) is 0 Å². The van der Waals surface area contributed by atoms with Crippen LogP contribution in [-0.2, 0) is 0 Å². The van der Waals surface area contributed by atoms with Crippen molar-refractivity contribution in [2.75, 3.05) is 39.3 Å². The Bertz CT molecular complexity index is 836. The van der Waals surface area contributed by atoms with Gasteiger partial charge in [-0.15, -0.1) is 0 Å². The third kappa shape index (κ3) is 4.30. The molecule has 0 aromatic heterocycles. The Morgan fingerprint density at radius 2 is 1.54 bits per heavy atom. The maximum absolute atomic E-state index is 12.6. The smallest absolute Gasteiger partial charge is 0.203 e. The van der Waals surface area contributed by atoms with E-state index < -0.39 is 0 Å². The molecular formula is C23H27NO4. The van der Waals surface area contributed by atoms with Crippen molar-refractivity contribution < 1.29 is 19.0 Å². The van der Waals surface area contributed by atoms with E-state index in [-0.39, 0.29) is 5.78 Å². The van der Waals surface area contributed by atoms with E-state index >= 15 is 0 Å². The summed E-state index contributed by atoms with van der Waals surface area (Å²) in [6.45, 7) is 2.18. The van der Waals surface area contributed by atoms with E-state index in [1.165, 1.54) is 24.9 Å². The van der Waals surface area contributed by atoms with Gasteiger partial charge < -0.3 is 19.1 Å². The van der Waals surface area contributed by atoms with E-state index in [9.17, 15) is 4.79 Å². The van der Waals surface area contributed by atoms with Crippen LogP contribution < -0.4 is 19.1 Å². The number of nitrogens with zero attached hydrogens (tertiary/aromatic N) is 1. The number of anilines is 1. The fraction of sp³-hybridized carbons (Fsp3) is 0.348. The summed E-state index contributed by atoms with van der Waals surface area (Å²) in [6, 6.07) is 11.5. The number of rotatable bonds is 7. The topological polar surface area (TPSA) is 48.0 Å². The zero-order valence-corrected chi connectivity index (χ0v) is 16.7. The van der Waals surface area contributed by atoms with Gasteiger partial charge in [-0.1, -0.05) is 0 Å². The van der Waals surface area contributed by atoms with Crippen LogP contribution in [0.25, 0.3) is 6.08 Å². The van der Waals surface area contributed by atoms with Crippen molar-refractivity contribution in [3.8, 4) is 17.2 Å². The van der Waals surface area contributed by atoms with Crippen LogP contribution in [-0.4, -0.2) is 40.2 Å². The molecular weight excluding hydrogens is 354 g/mol. The summed E-state index contributed by atoms with van der Waals surface area (Å²) < 4.78 is 16.1. The highest BCUT2D eigenvalue weighted by Gasteiger charge is 2.15. The summed E-state index contributed by atoms with van der Waals surface area (Å²) in [5, 5.41) is 0. The molecule has 0 spiro atoms. The monoisotopic (exact) mass is 381 g/mol. The third-order valence-corrected chi connectivity index (χ3v) is 5.02. The summed E-state index contributed by atoms with van der Waals surface area (Å²) in [5.74, 6) is 1.56. The summed E-state index contributed by atoms with van der Waals surface area (Å²) in [5.41, 5.74) is 2.59. The van der Waals surface area contributed by atoms with Crippen LogP contribution in [0, 0.1) is 0 Å². The maximum Gasteiger partial charge on any atom is 0.203 e. The van der Waals surface area contributed by atoms with Crippen LogP contribution in [0.1, 0.15) is 35.2 Å². The zero-order valence-electron chi connectivity index (χ0n) is 16.7. The van der Waals surface area contributed by atoms with Gasteiger partial charge >= 0.3 is 0 Å². The Labute approximate surface area is 166 Å². The Morgan fingerprint density at radius 3 is 2.14 bits per heavy atom. The lowest BCUT2D eigenvalue weighted by atomic mass is 10.1. The van der Waals surface area contributed by atoms with Gasteiger partial charge in [-0.2, -0.15) is 0 Å². The van der Waals surface area contributed by atoms with Gasteiger partial charge in [-0.05, 0) is 67.8 Å². The fourth-order valence-electron chi connectivity index (χ4n) is 3.51. The number of benzene rings is 2. The van der Waals surface area contributed by atoms with E-state index in [1.54, 1.807) is 39.5 Å². The molecule has 0 bridgehead atoms. The van der Waals surface area contributed by atoms with Gasteiger partial charge in [0, 0.05) is 29.9 Å². The summed E-state index contributed by atoms with van der Waals surface area (Å²) >= 11 is 0. The minimum atomic E-state index is -0.0537. The highest BCUT2D eigenvalue weighted by molar-refractivity contribution is 6.07. The van der Waals surface area contributed by atoms with Crippen LogP contribution in [0.3, 0.4) is 0 Å². The van der Waals surface area contributed by atoms with E-state index in [2.05, 4.69) is 4.90 Å². The number of piperidine rings is 1. The molecule has 2 aromatic carbocycles. The molecule has 0 atom stereocenters. The number of hydrogen-bond donors (Lipinski definition) is 0. The van der Waals surface area contributed by atoms with Crippen LogP contribution in [0.4, 0.5) is 5.69 Å². The zero-order chi connectivity index (χ0) is 19.9. The van der Waals surface area contributed by atoms with Crippen molar-refractivity contribution in [1.29, 1.82) is 0 Å². The molecule has 28 heavy (non-hydrogen) atoms. The molecule has 0 radical (unpaired) electrons. The average molecular weight is 381 g/mol. The van der Waals surface area contributed by atoms with Crippen molar-refractivity contribution in [3.05, 3.63) is 53.6 Å². The predicted octanol–water partition coefficient (Wildman–Crippen LogP) is 4.60. The average Bonchev–Trinajstić information content (AvgIpc) is 2.77. The Morgan fingerprint density at radius 1 is 0.857 bits per heavy atom. The minimum Gasteiger partial charge on any atom is -0.493 e. The van der Waals surface area contributed by atoms with Crippen molar-refractivity contribution >= 4 is 17.5 Å². The van der Waals surface area contributed by atoms with Crippen molar-refractivity contribution in [3.63, 3.8) is 0 Å². The number of carbonyl (C=O) groups excluding carboxylic acids is 1. The Kier molecular flexibility index (Phi) is 6.58. The molecule has 2 aromatic rings. The first-order chi connectivity index (χ1) is 13.7. The lowest BCUT2D eigenvalue weighted by Crippen LogP contribution is -2.29.